The van der Waals surface area contributed by atoms with Gasteiger partial charge in [-0.3, -0.25) is 19.2 Å². The number of fused-ring (bicyclic) bond motifs is 2. The number of cyclic esters (lactones) is 2. The quantitative estimate of drug-likeness (QED) is 0.357. The van der Waals surface area contributed by atoms with Crippen LogP contribution in [0.1, 0.15) is 60.2 Å². The van der Waals surface area contributed by atoms with Gasteiger partial charge >= 0.3 is 23.9 Å². The molecule has 46 heavy (non-hydrogen) atoms. The number of ether oxygens (including phenoxy) is 6. The zero-order valence-corrected chi connectivity index (χ0v) is 25.2. The summed E-state index contributed by atoms with van der Waals surface area (Å²) in [5.74, 6) is -7.21. The second-order valence-electron chi connectivity index (χ2n) is 12.0. The number of esters is 4. The summed E-state index contributed by atoms with van der Waals surface area (Å²) in [6, 6.07) is 5.13. The predicted molar refractivity (Wildman–Crippen MR) is 151 cm³/mol. The Morgan fingerprint density at radius 1 is 0.739 bits per heavy atom. The highest BCUT2D eigenvalue weighted by Crippen LogP contribution is 2.52. The number of carbonyl (C=O) groups excluding carboxylic acids is 6. The van der Waals surface area contributed by atoms with Crippen molar-refractivity contribution in [3.63, 3.8) is 0 Å². The third-order valence-electron chi connectivity index (χ3n) is 9.05. The Morgan fingerprint density at radius 2 is 1.24 bits per heavy atom. The van der Waals surface area contributed by atoms with E-state index in [4.69, 9.17) is 28.4 Å². The van der Waals surface area contributed by atoms with Crippen LogP contribution in [0, 0.1) is 11.8 Å². The molecule has 0 amide bonds. The van der Waals surface area contributed by atoms with E-state index in [1.54, 1.807) is 13.8 Å². The highest BCUT2D eigenvalue weighted by molar-refractivity contribution is 6.10. The van der Waals surface area contributed by atoms with Gasteiger partial charge in [0.15, 0.2) is 23.8 Å². The summed E-state index contributed by atoms with van der Waals surface area (Å²) in [5.41, 5.74) is -4.79. The monoisotopic (exact) mass is 638 g/mol. The number of methoxy groups -OCH3 is 2. The van der Waals surface area contributed by atoms with Crippen molar-refractivity contribution in [2.75, 3.05) is 14.2 Å². The van der Waals surface area contributed by atoms with Crippen LogP contribution < -0.4 is 9.47 Å². The molecule has 14 nitrogen and oxygen atoms in total. The average molecular weight is 639 g/mol. The van der Waals surface area contributed by atoms with Gasteiger partial charge in [0.05, 0.1) is 39.9 Å². The van der Waals surface area contributed by atoms with Gasteiger partial charge in [0.1, 0.15) is 34.1 Å². The Kier molecular flexibility index (Phi) is 7.21. The number of Topliss-reactive ketones (excluding diaryl/α,β-unsaturated/α-hetero) is 2. The lowest BCUT2D eigenvalue weighted by Crippen LogP contribution is -2.59. The predicted octanol–water partition coefficient (Wildman–Crippen LogP) is 2.42. The molecule has 2 aromatic carbocycles. The van der Waals surface area contributed by atoms with Crippen molar-refractivity contribution in [2.45, 2.75) is 62.9 Å². The number of phenolic OH excluding ortho intramolecular Hbond substituents is 2. The molecule has 2 fully saturated rings. The topological polar surface area (TPSA) is 198 Å². The SMILES string of the molecule is COC(=O)C1(C2OC(=O)CC2C)CC(=O)c2c(ccc(-c3ccc(O)c4c3OC(C(=O)OC)(C3OC(=O)CC3C)CC4=O)c2O)O1. The van der Waals surface area contributed by atoms with E-state index in [0.717, 1.165) is 14.2 Å². The van der Waals surface area contributed by atoms with Crippen molar-refractivity contribution in [1.29, 1.82) is 0 Å². The van der Waals surface area contributed by atoms with Crippen LogP contribution in [0.3, 0.4) is 0 Å². The maximum absolute atomic E-state index is 13.7. The molecule has 0 spiro atoms. The Bertz CT molecular complexity index is 1730. The van der Waals surface area contributed by atoms with Crippen LogP contribution in [0.25, 0.3) is 11.1 Å². The Hall–Kier alpha value is -5.14. The zero-order valence-electron chi connectivity index (χ0n) is 25.2. The second kappa shape index (κ2) is 10.7. The van der Waals surface area contributed by atoms with E-state index in [0.29, 0.717) is 0 Å². The molecule has 2 aromatic rings. The molecule has 6 atom stereocenters. The van der Waals surface area contributed by atoms with Crippen LogP contribution in [0.5, 0.6) is 23.0 Å². The minimum Gasteiger partial charge on any atom is -0.507 e. The molecule has 0 bridgehead atoms. The minimum atomic E-state index is -2.12. The van der Waals surface area contributed by atoms with Gasteiger partial charge < -0.3 is 38.6 Å². The zero-order chi connectivity index (χ0) is 33.3. The van der Waals surface area contributed by atoms with E-state index >= 15 is 0 Å². The first-order chi connectivity index (χ1) is 21.8. The van der Waals surface area contributed by atoms with E-state index in [1.807, 2.05) is 0 Å². The summed E-state index contributed by atoms with van der Waals surface area (Å²) in [6.45, 7) is 3.32. The minimum absolute atomic E-state index is 0.00218. The van der Waals surface area contributed by atoms with Gasteiger partial charge in [-0.15, -0.1) is 0 Å². The fourth-order valence-corrected chi connectivity index (χ4v) is 6.99. The van der Waals surface area contributed by atoms with Gasteiger partial charge in [-0.1, -0.05) is 13.8 Å². The van der Waals surface area contributed by atoms with E-state index < -0.39 is 95.0 Å². The van der Waals surface area contributed by atoms with Crippen molar-refractivity contribution in [3.05, 3.63) is 35.4 Å². The molecule has 4 aliphatic heterocycles. The lowest BCUT2D eigenvalue weighted by Gasteiger charge is -2.41. The molecule has 0 aliphatic carbocycles. The molecule has 6 unspecified atom stereocenters. The number of ketones is 2. The molecule has 242 valence electrons. The summed E-state index contributed by atoms with van der Waals surface area (Å²) >= 11 is 0. The maximum atomic E-state index is 13.7. The number of phenols is 2. The summed E-state index contributed by atoms with van der Waals surface area (Å²) in [7, 11) is 2.19. The van der Waals surface area contributed by atoms with Crippen molar-refractivity contribution >= 4 is 35.4 Å². The first-order valence-electron chi connectivity index (χ1n) is 14.5. The van der Waals surface area contributed by atoms with Gasteiger partial charge in [0.2, 0.25) is 11.2 Å². The Labute approximate surface area is 261 Å². The van der Waals surface area contributed by atoms with Crippen molar-refractivity contribution in [2.24, 2.45) is 11.8 Å². The number of benzene rings is 2. The van der Waals surface area contributed by atoms with Gasteiger partial charge in [-0.2, -0.15) is 0 Å². The van der Waals surface area contributed by atoms with E-state index in [2.05, 4.69) is 0 Å². The third-order valence-corrected chi connectivity index (χ3v) is 9.05. The maximum Gasteiger partial charge on any atom is 0.354 e. The van der Waals surface area contributed by atoms with Crippen molar-refractivity contribution in [3.8, 4) is 34.1 Å². The van der Waals surface area contributed by atoms with Crippen molar-refractivity contribution in [1.82, 2.24) is 0 Å². The van der Waals surface area contributed by atoms with Gasteiger partial charge in [-0.25, -0.2) is 9.59 Å². The van der Waals surface area contributed by atoms with E-state index in [9.17, 15) is 39.0 Å². The lowest BCUT2D eigenvalue weighted by molar-refractivity contribution is -0.178. The molecular weight excluding hydrogens is 608 g/mol. The summed E-state index contributed by atoms with van der Waals surface area (Å²) in [6.07, 6.45) is -3.66. The van der Waals surface area contributed by atoms with Gasteiger partial charge in [0, 0.05) is 23.0 Å². The first-order valence-corrected chi connectivity index (χ1v) is 14.5. The highest BCUT2D eigenvalue weighted by atomic mass is 16.6. The van der Waals surface area contributed by atoms with Crippen LogP contribution in [0.4, 0.5) is 0 Å². The molecule has 0 radical (unpaired) electrons. The summed E-state index contributed by atoms with van der Waals surface area (Å²) in [4.78, 5) is 77.9. The molecule has 14 heteroatoms. The third kappa shape index (κ3) is 4.37. The van der Waals surface area contributed by atoms with E-state index in [1.165, 1.54) is 24.3 Å². The average Bonchev–Trinajstić information content (AvgIpc) is 3.55. The largest absolute Gasteiger partial charge is 0.507 e. The van der Waals surface area contributed by atoms with Crippen LogP contribution in [0.2, 0.25) is 0 Å². The summed E-state index contributed by atoms with van der Waals surface area (Å²) in [5, 5.41) is 22.2. The van der Waals surface area contributed by atoms with E-state index in [-0.39, 0.29) is 46.6 Å². The first kappa shape index (κ1) is 30.9. The molecule has 0 aromatic heterocycles. The van der Waals surface area contributed by atoms with Gasteiger partial charge in [-0.05, 0) is 24.3 Å². The van der Waals surface area contributed by atoms with Crippen LogP contribution in [-0.4, -0.2) is 83.3 Å². The van der Waals surface area contributed by atoms with Crippen LogP contribution in [-0.2, 0) is 38.1 Å². The fourth-order valence-electron chi connectivity index (χ4n) is 6.99. The number of hydrogen-bond acceptors (Lipinski definition) is 14. The van der Waals surface area contributed by atoms with Crippen LogP contribution >= 0.6 is 0 Å². The highest BCUT2D eigenvalue weighted by Gasteiger charge is 2.62. The molecule has 2 N–H and O–H groups in total. The van der Waals surface area contributed by atoms with Gasteiger partial charge in [0.25, 0.3) is 0 Å². The molecule has 0 saturated carbocycles. The standard InChI is InChI=1S/C32H30O14/c1-13-9-21(36)43-27(13)31(29(39)41-3)12-19(35)24-20(45-31)8-6-15(25(24)38)16-5-7-17(33)23-18(34)11-32(30(40)42-4,46-26(16)23)28-14(2)10-22(37)44-28/h5-8,13-14,27-28,33,38H,9-12H2,1-4H3. The van der Waals surface area contributed by atoms with Crippen LogP contribution in [0.15, 0.2) is 24.3 Å². The number of hydrogen-bond donors (Lipinski definition) is 2. The lowest BCUT2D eigenvalue weighted by atomic mass is 9.79. The Balaban J connectivity index is 1.48. The molecular formula is C32H30O14. The molecule has 2 saturated heterocycles. The number of aromatic hydroxyl groups is 2. The normalized spacial score (nSPS) is 29.9. The number of carbonyl (C=O) groups is 6. The summed E-state index contributed by atoms with van der Waals surface area (Å²) < 4.78 is 33.1. The smallest absolute Gasteiger partial charge is 0.354 e. The van der Waals surface area contributed by atoms with Crippen molar-refractivity contribution < 1.29 is 67.4 Å². The Morgan fingerprint density at radius 3 is 1.74 bits per heavy atom. The number of rotatable bonds is 5. The fraction of sp³-hybridized carbons (Fsp3) is 0.438. The molecule has 6 rings (SSSR count). The second-order valence-corrected chi connectivity index (χ2v) is 12.0. The molecule has 4 aliphatic rings. The molecule has 4 heterocycles.